The number of halogens is 2. The number of nitrogens with zero attached hydrogens (tertiary/aromatic N) is 1. The van der Waals surface area contributed by atoms with Crippen molar-refractivity contribution in [2.24, 2.45) is 4.99 Å². The van der Waals surface area contributed by atoms with Crippen LogP contribution >= 0.6 is 11.6 Å². The van der Waals surface area contributed by atoms with Gasteiger partial charge in [0.05, 0.1) is 0 Å². The van der Waals surface area contributed by atoms with Crippen molar-refractivity contribution in [2.45, 2.75) is 25.9 Å². The fourth-order valence-corrected chi connectivity index (χ4v) is 1.84. The molecule has 0 saturated heterocycles. The van der Waals surface area contributed by atoms with Gasteiger partial charge in [0.2, 0.25) is 0 Å². The van der Waals surface area contributed by atoms with Crippen LogP contribution in [0.2, 0.25) is 5.02 Å². The summed E-state index contributed by atoms with van der Waals surface area (Å²) in [7, 11) is 0. The van der Waals surface area contributed by atoms with E-state index >= 15 is 0 Å². The summed E-state index contributed by atoms with van der Waals surface area (Å²) in [5.41, 5.74) is 0.220. The van der Waals surface area contributed by atoms with Crippen LogP contribution in [0.5, 0.6) is 0 Å². The van der Waals surface area contributed by atoms with Gasteiger partial charge in [0.25, 0.3) is 5.91 Å². The van der Waals surface area contributed by atoms with Gasteiger partial charge < -0.3 is 5.32 Å². The third-order valence-corrected chi connectivity index (χ3v) is 2.67. The molecule has 4 nitrogen and oxygen atoms in total. The highest BCUT2D eigenvalue weighted by molar-refractivity contribution is 6.30. The Morgan fingerprint density at radius 1 is 1.50 bits per heavy atom. The molecule has 1 aromatic rings. The van der Waals surface area contributed by atoms with E-state index in [0.29, 0.717) is 11.0 Å². The van der Waals surface area contributed by atoms with E-state index in [1.807, 2.05) is 13.8 Å². The lowest BCUT2D eigenvalue weighted by atomic mass is 10.1. The molecule has 0 fully saturated rings. The molecule has 6 heteroatoms. The molecule has 0 saturated carbocycles. The second-order valence-corrected chi connectivity index (χ2v) is 4.77. The van der Waals surface area contributed by atoms with Crippen molar-refractivity contribution in [1.29, 1.82) is 0 Å². The Morgan fingerprint density at radius 2 is 2.22 bits per heavy atom. The molecule has 18 heavy (non-hydrogen) atoms. The summed E-state index contributed by atoms with van der Waals surface area (Å²) < 4.78 is 13.7. The van der Waals surface area contributed by atoms with Crippen LogP contribution in [-0.4, -0.2) is 17.9 Å². The third kappa shape index (κ3) is 2.61. The predicted octanol–water partition coefficient (Wildman–Crippen LogP) is 2.00. The Hall–Kier alpha value is -1.62. The smallest absolute Gasteiger partial charge is 0.256 e. The maximum atomic E-state index is 13.7. The van der Waals surface area contributed by atoms with Crippen LogP contribution < -0.4 is 10.6 Å². The Labute approximate surface area is 109 Å². The highest BCUT2D eigenvalue weighted by atomic mass is 35.5. The first kappa shape index (κ1) is 12.8. The first-order chi connectivity index (χ1) is 8.47. The summed E-state index contributed by atoms with van der Waals surface area (Å²) in [6.07, 6.45) is 0. The van der Waals surface area contributed by atoms with Gasteiger partial charge in [0.15, 0.2) is 12.0 Å². The summed E-state index contributed by atoms with van der Waals surface area (Å²) in [4.78, 5) is 15.9. The molecule has 1 atom stereocenters. The van der Waals surface area contributed by atoms with Gasteiger partial charge in [0, 0.05) is 16.6 Å². The lowest BCUT2D eigenvalue weighted by Gasteiger charge is -2.07. The number of hydrogen-bond acceptors (Lipinski definition) is 3. The van der Waals surface area contributed by atoms with Gasteiger partial charge in [-0.3, -0.25) is 10.1 Å². The lowest BCUT2D eigenvalue weighted by Crippen LogP contribution is -2.40. The van der Waals surface area contributed by atoms with E-state index in [9.17, 15) is 9.18 Å². The van der Waals surface area contributed by atoms with Crippen molar-refractivity contribution in [1.82, 2.24) is 10.6 Å². The Kier molecular flexibility index (Phi) is 3.52. The second kappa shape index (κ2) is 4.94. The normalized spacial score (nSPS) is 18.8. The molecule has 2 N–H and O–H groups in total. The van der Waals surface area contributed by atoms with Gasteiger partial charge in [-0.1, -0.05) is 17.7 Å². The molecule has 0 radical (unpaired) electrons. The molecule has 2 rings (SSSR count). The standard InChI is InChI=1S/C12H13ClFN3O/c1-6(2)15-12-16-10(11(18)17-12)8-4-3-7(13)5-9(8)14/h3-6,10H,1-2H3,(H2,15,16,17,18). The first-order valence-corrected chi connectivity index (χ1v) is 5.95. The molecule has 96 valence electrons. The molecule has 0 spiro atoms. The summed E-state index contributed by atoms with van der Waals surface area (Å²) in [5.74, 6) is -0.508. The zero-order valence-electron chi connectivity index (χ0n) is 10.00. The number of guanidine groups is 1. The van der Waals surface area contributed by atoms with E-state index < -0.39 is 11.9 Å². The fraction of sp³-hybridized carbons (Fsp3) is 0.333. The van der Waals surface area contributed by atoms with Crippen molar-refractivity contribution in [3.63, 3.8) is 0 Å². The molecule has 0 aromatic heterocycles. The highest BCUT2D eigenvalue weighted by Gasteiger charge is 2.30. The van der Waals surface area contributed by atoms with E-state index in [4.69, 9.17) is 11.6 Å². The number of benzene rings is 1. The van der Waals surface area contributed by atoms with Crippen molar-refractivity contribution < 1.29 is 9.18 Å². The maximum absolute atomic E-state index is 13.7. The van der Waals surface area contributed by atoms with Crippen LogP contribution in [0.15, 0.2) is 23.2 Å². The van der Waals surface area contributed by atoms with Crippen LogP contribution in [0.4, 0.5) is 4.39 Å². The van der Waals surface area contributed by atoms with E-state index in [-0.39, 0.29) is 17.5 Å². The molecular weight excluding hydrogens is 257 g/mol. The Balaban J connectivity index is 2.27. The highest BCUT2D eigenvalue weighted by Crippen LogP contribution is 2.25. The second-order valence-electron chi connectivity index (χ2n) is 4.33. The molecule has 1 aliphatic rings. The van der Waals surface area contributed by atoms with Gasteiger partial charge in [-0.05, 0) is 26.0 Å². The topological polar surface area (TPSA) is 53.5 Å². The molecule has 1 amide bonds. The van der Waals surface area contributed by atoms with Gasteiger partial charge in [0.1, 0.15) is 5.82 Å². The number of rotatable bonds is 2. The van der Waals surface area contributed by atoms with Gasteiger partial charge >= 0.3 is 0 Å². The summed E-state index contributed by atoms with van der Waals surface area (Å²) in [6.45, 7) is 3.84. The molecule has 1 aliphatic heterocycles. The third-order valence-electron chi connectivity index (χ3n) is 2.43. The van der Waals surface area contributed by atoms with Gasteiger partial charge in [-0.2, -0.15) is 0 Å². The number of hydrogen-bond donors (Lipinski definition) is 2. The zero-order chi connectivity index (χ0) is 13.3. The first-order valence-electron chi connectivity index (χ1n) is 5.57. The van der Waals surface area contributed by atoms with Gasteiger partial charge in [-0.25, -0.2) is 9.38 Å². The zero-order valence-corrected chi connectivity index (χ0v) is 10.8. The Morgan fingerprint density at radius 3 is 2.83 bits per heavy atom. The quantitative estimate of drug-likeness (QED) is 0.863. The van der Waals surface area contributed by atoms with Crippen molar-refractivity contribution in [3.8, 4) is 0 Å². The van der Waals surface area contributed by atoms with Crippen molar-refractivity contribution >= 4 is 23.5 Å². The number of aliphatic imine (C=N–C) groups is 1. The number of carbonyl (C=O) groups excluding carboxylic acids is 1. The van der Waals surface area contributed by atoms with E-state index in [1.54, 1.807) is 0 Å². The Bertz CT molecular complexity index is 516. The van der Waals surface area contributed by atoms with Crippen molar-refractivity contribution in [3.05, 3.63) is 34.6 Å². The van der Waals surface area contributed by atoms with Crippen molar-refractivity contribution in [2.75, 3.05) is 0 Å². The van der Waals surface area contributed by atoms with Crippen LogP contribution in [0.3, 0.4) is 0 Å². The SMILES string of the molecule is CC(C)NC1=NC(c2ccc(Cl)cc2F)C(=O)N1. The minimum atomic E-state index is -0.858. The largest absolute Gasteiger partial charge is 0.354 e. The van der Waals surface area contributed by atoms with E-state index in [2.05, 4.69) is 15.6 Å². The molecule has 0 aliphatic carbocycles. The predicted molar refractivity (Wildman–Crippen MR) is 68.0 cm³/mol. The molecule has 0 bridgehead atoms. The van der Waals surface area contributed by atoms with E-state index in [1.165, 1.54) is 18.2 Å². The average Bonchev–Trinajstić information content (AvgIpc) is 2.58. The molecular formula is C12H13ClFN3O. The minimum Gasteiger partial charge on any atom is -0.354 e. The lowest BCUT2D eigenvalue weighted by molar-refractivity contribution is -0.120. The molecule has 1 unspecified atom stereocenters. The number of amides is 1. The van der Waals surface area contributed by atoms with Crippen LogP contribution in [0, 0.1) is 5.82 Å². The van der Waals surface area contributed by atoms with E-state index in [0.717, 1.165) is 0 Å². The average molecular weight is 270 g/mol. The summed E-state index contributed by atoms with van der Waals surface area (Å²) in [6, 6.07) is 3.47. The minimum absolute atomic E-state index is 0.137. The maximum Gasteiger partial charge on any atom is 0.256 e. The van der Waals surface area contributed by atoms with Crippen LogP contribution in [0.1, 0.15) is 25.5 Å². The van der Waals surface area contributed by atoms with Crippen LogP contribution in [-0.2, 0) is 4.79 Å². The summed E-state index contributed by atoms with van der Waals surface area (Å²) >= 11 is 5.67. The molecule has 1 heterocycles. The number of nitrogens with one attached hydrogen (secondary N) is 2. The fourth-order valence-electron chi connectivity index (χ4n) is 1.69. The molecule has 1 aromatic carbocycles. The number of carbonyl (C=O) groups is 1. The monoisotopic (exact) mass is 269 g/mol. The van der Waals surface area contributed by atoms with Crippen LogP contribution in [0.25, 0.3) is 0 Å². The van der Waals surface area contributed by atoms with Gasteiger partial charge in [-0.15, -0.1) is 0 Å². The summed E-state index contributed by atoms with van der Waals surface area (Å²) in [5, 5.41) is 5.84.